The number of carbonyl (C=O) groups excluding carboxylic acids is 1. The summed E-state index contributed by atoms with van der Waals surface area (Å²) < 4.78 is 23.5. The maximum absolute atomic E-state index is 13.0. The quantitative estimate of drug-likeness (QED) is 0.745. The van der Waals surface area contributed by atoms with E-state index in [2.05, 4.69) is 4.98 Å². The largest absolute Gasteiger partial charge is 0.377 e. The molecule has 0 bridgehead atoms. The van der Waals surface area contributed by atoms with Crippen molar-refractivity contribution in [2.75, 3.05) is 27.3 Å². The second kappa shape index (κ2) is 5.41. The molecule has 18 heavy (non-hydrogen) atoms. The van der Waals surface area contributed by atoms with Crippen LogP contribution >= 0.6 is 0 Å². The van der Waals surface area contributed by atoms with Crippen LogP contribution in [0, 0.1) is 5.95 Å². The molecule has 0 aliphatic carbocycles. The lowest BCUT2D eigenvalue weighted by molar-refractivity contribution is -0.00461. The van der Waals surface area contributed by atoms with E-state index in [1.165, 1.54) is 18.2 Å². The molecule has 2 rings (SSSR count). The van der Waals surface area contributed by atoms with E-state index < -0.39 is 5.95 Å². The molecule has 2 heterocycles. The fourth-order valence-corrected chi connectivity index (χ4v) is 2.05. The summed E-state index contributed by atoms with van der Waals surface area (Å²) in [6.45, 7) is 0.845. The lowest BCUT2D eigenvalue weighted by atomic mass is 10.3. The van der Waals surface area contributed by atoms with Crippen molar-refractivity contribution in [3.05, 3.63) is 29.8 Å². The first-order valence-corrected chi connectivity index (χ1v) is 5.63. The molecule has 0 radical (unpaired) electrons. The molecule has 1 amide bonds. The number of ether oxygens (including phenoxy) is 2. The molecule has 98 valence electrons. The molecule has 0 spiro atoms. The number of amides is 1. The van der Waals surface area contributed by atoms with Gasteiger partial charge in [-0.25, -0.2) is 4.98 Å². The molecule has 6 heteroatoms. The Bertz CT molecular complexity index is 429. The first kappa shape index (κ1) is 12.9. The van der Waals surface area contributed by atoms with Crippen molar-refractivity contribution < 1.29 is 18.7 Å². The molecule has 0 saturated carbocycles. The van der Waals surface area contributed by atoms with Gasteiger partial charge in [-0.1, -0.05) is 6.07 Å². The third kappa shape index (κ3) is 2.49. The number of carbonyl (C=O) groups is 1. The summed E-state index contributed by atoms with van der Waals surface area (Å²) in [6.07, 6.45) is -0.319. The summed E-state index contributed by atoms with van der Waals surface area (Å²) in [4.78, 5) is 17.2. The van der Waals surface area contributed by atoms with Crippen molar-refractivity contribution in [3.63, 3.8) is 0 Å². The molecule has 5 nitrogen and oxygen atoms in total. The van der Waals surface area contributed by atoms with Crippen LogP contribution in [0.2, 0.25) is 0 Å². The van der Waals surface area contributed by atoms with Crippen LogP contribution in [0.25, 0.3) is 0 Å². The molecular weight excluding hydrogens is 239 g/mol. The fraction of sp³-hybridized carbons (Fsp3) is 0.500. The Morgan fingerprint density at radius 3 is 2.44 bits per heavy atom. The van der Waals surface area contributed by atoms with Crippen LogP contribution in [-0.4, -0.2) is 55.3 Å². The van der Waals surface area contributed by atoms with Gasteiger partial charge in [-0.3, -0.25) is 4.79 Å². The van der Waals surface area contributed by atoms with E-state index in [-0.39, 0.29) is 23.8 Å². The monoisotopic (exact) mass is 254 g/mol. The summed E-state index contributed by atoms with van der Waals surface area (Å²) in [5, 5.41) is 0. The number of pyridine rings is 1. The average Bonchev–Trinajstić information content (AvgIpc) is 2.81. The SMILES string of the molecule is COC1CN(C(=O)c2cccc(F)n2)CC1OC. The van der Waals surface area contributed by atoms with Gasteiger partial charge in [0.25, 0.3) is 5.91 Å². The normalized spacial score (nSPS) is 23.4. The molecule has 0 aromatic carbocycles. The zero-order valence-electron chi connectivity index (χ0n) is 10.3. The van der Waals surface area contributed by atoms with Crippen LogP contribution in [0.5, 0.6) is 0 Å². The Morgan fingerprint density at radius 2 is 1.94 bits per heavy atom. The molecule has 1 aliphatic heterocycles. The van der Waals surface area contributed by atoms with E-state index in [0.29, 0.717) is 13.1 Å². The summed E-state index contributed by atoms with van der Waals surface area (Å²) >= 11 is 0. The molecule has 1 fully saturated rings. The molecule has 1 aromatic heterocycles. The molecule has 1 aliphatic rings. The Morgan fingerprint density at radius 1 is 1.33 bits per heavy atom. The third-order valence-corrected chi connectivity index (χ3v) is 3.04. The number of rotatable bonds is 3. The molecular formula is C12H15FN2O3. The Kier molecular flexibility index (Phi) is 3.88. The van der Waals surface area contributed by atoms with E-state index in [0.717, 1.165) is 0 Å². The topological polar surface area (TPSA) is 51.7 Å². The van der Waals surface area contributed by atoms with Crippen LogP contribution in [0.15, 0.2) is 18.2 Å². The highest BCUT2D eigenvalue weighted by Gasteiger charge is 2.36. The summed E-state index contributed by atoms with van der Waals surface area (Å²) in [5.74, 6) is -0.970. The van der Waals surface area contributed by atoms with E-state index >= 15 is 0 Å². The van der Waals surface area contributed by atoms with Crippen LogP contribution in [-0.2, 0) is 9.47 Å². The summed E-state index contributed by atoms with van der Waals surface area (Å²) in [7, 11) is 3.15. The predicted octanol–water partition coefficient (Wildman–Crippen LogP) is 0.707. The zero-order chi connectivity index (χ0) is 13.1. The molecule has 1 aromatic rings. The van der Waals surface area contributed by atoms with Crippen LogP contribution < -0.4 is 0 Å². The highest BCUT2D eigenvalue weighted by molar-refractivity contribution is 5.92. The van der Waals surface area contributed by atoms with Crippen molar-refractivity contribution in [2.45, 2.75) is 12.2 Å². The van der Waals surface area contributed by atoms with Crippen LogP contribution in [0.3, 0.4) is 0 Å². The summed E-state index contributed by atoms with van der Waals surface area (Å²) in [5.41, 5.74) is 0.0987. The second-order valence-electron chi connectivity index (χ2n) is 4.10. The van der Waals surface area contributed by atoms with Gasteiger partial charge in [0, 0.05) is 27.3 Å². The number of nitrogens with zero attached hydrogens (tertiary/aromatic N) is 2. The minimum atomic E-state index is -0.661. The van der Waals surface area contributed by atoms with Gasteiger partial charge in [-0.15, -0.1) is 0 Å². The van der Waals surface area contributed by atoms with Gasteiger partial charge in [0.1, 0.15) is 17.9 Å². The van der Waals surface area contributed by atoms with Crippen molar-refractivity contribution >= 4 is 5.91 Å². The smallest absolute Gasteiger partial charge is 0.272 e. The fourth-order valence-electron chi connectivity index (χ4n) is 2.05. The number of hydrogen-bond donors (Lipinski definition) is 0. The highest BCUT2D eigenvalue weighted by Crippen LogP contribution is 2.17. The number of halogens is 1. The van der Waals surface area contributed by atoms with Gasteiger partial charge >= 0.3 is 0 Å². The molecule has 2 unspecified atom stereocenters. The number of aromatic nitrogens is 1. The van der Waals surface area contributed by atoms with E-state index in [1.807, 2.05) is 0 Å². The van der Waals surface area contributed by atoms with Crippen LogP contribution in [0.1, 0.15) is 10.5 Å². The van der Waals surface area contributed by atoms with E-state index in [1.54, 1.807) is 19.1 Å². The highest BCUT2D eigenvalue weighted by atomic mass is 19.1. The van der Waals surface area contributed by atoms with Gasteiger partial charge in [0.15, 0.2) is 0 Å². The number of likely N-dealkylation sites (tertiary alicyclic amines) is 1. The molecule has 2 atom stereocenters. The zero-order valence-corrected chi connectivity index (χ0v) is 10.3. The van der Waals surface area contributed by atoms with Gasteiger partial charge in [0.2, 0.25) is 5.95 Å². The number of hydrogen-bond acceptors (Lipinski definition) is 4. The lowest BCUT2D eigenvalue weighted by Crippen LogP contribution is -2.30. The van der Waals surface area contributed by atoms with Gasteiger partial charge in [-0.2, -0.15) is 4.39 Å². The maximum Gasteiger partial charge on any atom is 0.272 e. The first-order chi connectivity index (χ1) is 8.65. The second-order valence-corrected chi connectivity index (χ2v) is 4.10. The Balaban J connectivity index is 2.11. The standard InChI is InChI=1S/C12H15FN2O3/c1-17-9-6-15(7-10(9)18-2)12(16)8-4-3-5-11(13)14-8/h3-5,9-10H,6-7H2,1-2H3. The van der Waals surface area contributed by atoms with E-state index in [9.17, 15) is 9.18 Å². The van der Waals surface area contributed by atoms with Crippen molar-refractivity contribution in [2.24, 2.45) is 0 Å². The minimum absolute atomic E-state index is 0.0987. The number of methoxy groups -OCH3 is 2. The third-order valence-electron chi connectivity index (χ3n) is 3.04. The average molecular weight is 254 g/mol. The Hall–Kier alpha value is -1.53. The lowest BCUT2D eigenvalue weighted by Gasteiger charge is -2.14. The van der Waals surface area contributed by atoms with Crippen molar-refractivity contribution in [1.29, 1.82) is 0 Å². The Labute approximate surface area is 105 Å². The van der Waals surface area contributed by atoms with Gasteiger partial charge < -0.3 is 14.4 Å². The molecule has 0 N–H and O–H groups in total. The van der Waals surface area contributed by atoms with Crippen molar-refractivity contribution in [1.82, 2.24) is 9.88 Å². The maximum atomic E-state index is 13.0. The minimum Gasteiger partial charge on any atom is -0.377 e. The van der Waals surface area contributed by atoms with Crippen LogP contribution in [0.4, 0.5) is 4.39 Å². The summed E-state index contributed by atoms with van der Waals surface area (Å²) in [6, 6.07) is 4.16. The van der Waals surface area contributed by atoms with Crippen molar-refractivity contribution in [3.8, 4) is 0 Å². The van der Waals surface area contributed by atoms with Gasteiger partial charge in [-0.05, 0) is 12.1 Å². The predicted molar refractivity (Wildman–Crippen MR) is 61.7 cm³/mol. The van der Waals surface area contributed by atoms with E-state index in [4.69, 9.17) is 9.47 Å². The first-order valence-electron chi connectivity index (χ1n) is 5.63. The van der Waals surface area contributed by atoms with Gasteiger partial charge in [0.05, 0.1) is 0 Å². The molecule has 1 saturated heterocycles.